The monoisotopic (exact) mass is 215 g/mol. The Morgan fingerprint density at radius 1 is 1.71 bits per heavy atom. The highest BCUT2D eigenvalue weighted by Crippen LogP contribution is 2.13. The molecule has 4 nitrogen and oxygen atoms in total. The lowest BCUT2D eigenvalue weighted by molar-refractivity contribution is 0.592. The van der Waals surface area contributed by atoms with Crippen molar-refractivity contribution < 1.29 is 0 Å². The number of aromatic nitrogens is 2. The number of nitrogens with one attached hydrogen (secondary N) is 2. The van der Waals surface area contributed by atoms with Gasteiger partial charge in [0.2, 0.25) is 0 Å². The fourth-order valence-electron chi connectivity index (χ4n) is 0.922. The van der Waals surface area contributed by atoms with Crippen LogP contribution in [0.5, 0.6) is 0 Å². The number of hydrogen-bond donors (Lipinski definition) is 2. The zero-order valence-corrected chi connectivity index (χ0v) is 9.06. The molecule has 78 valence electrons. The van der Waals surface area contributed by atoms with E-state index in [9.17, 15) is 4.79 Å². The van der Waals surface area contributed by atoms with Crippen molar-refractivity contribution in [2.45, 2.75) is 20.3 Å². The second-order valence-electron chi connectivity index (χ2n) is 3.29. The molecule has 0 saturated heterocycles. The predicted molar refractivity (Wildman–Crippen MR) is 57.8 cm³/mol. The summed E-state index contributed by atoms with van der Waals surface area (Å²) in [5.41, 5.74) is -0.312. The standard InChI is InChI=1S/C9H14ClN3O/c1-3-6(2)4-11-8-7(10)9(14)13-5-12-8/h5-6H,3-4H2,1-2H3,(H2,11,12,13,14). The Kier molecular flexibility index (Phi) is 3.95. The average Bonchev–Trinajstić information content (AvgIpc) is 2.20. The van der Waals surface area contributed by atoms with Crippen LogP contribution < -0.4 is 10.9 Å². The molecule has 1 heterocycles. The number of H-pyrrole nitrogens is 1. The molecule has 1 aromatic heterocycles. The van der Waals surface area contributed by atoms with E-state index >= 15 is 0 Å². The quantitative estimate of drug-likeness (QED) is 0.807. The second-order valence-corrected chi connectivity index (χ2v) is 3.67. The average molecular weight is 216 g/mol. The van der Waals surface area contributed by atoms with Crippen LogP contribution in [-0.4, -0.2) is 16.5 Å². The SMILES string of the molecule is CCC(C)CNc1nc[nH]c(=O)c1Cl. The first-order valence-corrected chi connectivity index (χ1v) is 5.00. The highest BCUT2D eigenvalue weighted by atomic mass is 35.5. The molecule has 1 rings (SSSR count). The van der Waals surface area contributed by atoms with Gasteiger partial charge in [-0.05, 0) is 5.92 Å². The lowest BCUT2D eigenvalue weighted by Gasteiger charge is -2.10. The van der Waals surface area contributed by atoms with Crippen molar-refractivity contribution in [3.05, 3.63) is 21.7 Å². The summed E-state index contributed by atoms with van der Waals surface area (Å²) < 4.78 is 0. The van der Waals surface area contributed by atoms with Gasteiger partial charge < -0.3 is 10.3 Å². The minimum absolute atomic E-state index is 0.121. The number of aromatic amines is 1. The van der Waals surface area contributed by atoms with E-state index in [1.165, 1.54) is 6.33 Å². The van der Waals surface area contributed by atoms with Gasteiger partial charge in [0.1, 0.15) is 5.02 Å². The maximum absolute atomic E-state index is 11.1. The predicted octanol–water partition coefficient (Wildman–Crippen LogP) is 1.88. The molecule has 14 heavy (non-hydrogen) atoms. The summed E-state index contributed by atoms with van der Waals surface area (Å²) >= 11 is 5.75. The molecule has 2 N–H and O–H groups in total. The molecule has 0 radical (unpaired) electrons. The Balaban J connectivity index is 2.68. The van der Waals surface area contributed by atoms with E-state index in [0.717, 1.165) is 13.0 Å². The van der Waals surface area contributed by atoms with Crippen LogP contribution in [0.15, 0.2) is 11.1 Å². The van der Waals surface area contributed by atoms with Crippen LogP contribution >= 0.6 is 11.6 Å². The highest BCUT2D eigenvalue weighted by molar-refractivity contribution is 6.32. The van der Waals surface area contributed by atoms with E-state index in [4.69, 9.17) is 11.6 Å². The molecule has 0 fully saturated rings. The molecule has 0 aliphatic heterocycles. The van der Waals surface area contributed by atoms with Gasteiger partial charge in [-0.25, -0.2) is 4.98 Å². The van der Waals surface area contributed by atoms with Crippen LogP contribution in [-0.2, 0) is 0 Å². The van der Waals surface area contributed by atoms with Crippen molar-refractivity contribution in [1.82, 2.24) is 9.97 Å². The van der Waals surface area contributed by atoms with E-state index in [-0.39, 0.29) is 10.6 Å². The first kappa shape index (κ1) is 11.0. The third kappa shape index (κ3) is 2.73. The lowest BCUT2D eigenvalue weighted by atomic mass is 10.1. The van der Waals surface area contributed by atoms with Gasteiger partial charge in [-0.15, -0.1) is 0 Å². The van der Waals surface area contributed by atoms with Crippen molar-refractivity contribution in [3.63, 3.8) is 0 Å². The zero-order chi connectivity index (χ0) is 10.6. The number of anilines is 1. The normalized spacial score (nSPS) is 12.5. The summed E-state index contributed by atoms with van der Waals surface area (Å²) in [7, 11) is 0. The molecule has 0 spiro atoms. The van der Waals surface area contributed by atoms with Gasteiger partial charge >= 0.3 is 0 Å². The van der Waals surface area contributed by atoms with Crippen molar-refractivity contribution >= 4 is 17.4 Å². The van der Waals surface area contributed by atoms with Gasteiger partial charge in [0.15, 0.2) is 5.82 Å². The molecular weight excluding hydrogens is 202 g/mol. The molecule has 1 aromatic rings. The fourth-order valence-corrected chi connectivity index (χ4v) is 1.09. The molecule has 5 heteroatoms. The smallest absolute Gasteiger partial charge is 0.271 e. The van der Waals surface area contributed by atoms with Crippen LogP contribution in [0.3, 0.4) is 0 Å². The molecular formula is C9H14ClN3O. The Morgan fingerprint density at radius 2 is 2.43 bits per heavy atom. The Labute approximate surface area is 87.7 Å². The van der Waals surface area contributed by atoms with E-state index in [1.807, 2.05) is 0 Å². The second kappa shape index (κ2) is 5.00. The molecule has 0 aliphatic carbocycles. The van der Waals surface area contributed by atoms with E-state index in [2.05, 4.69) is 29.1 Å². The molecule has 0 aromatic carbocycles. The Bertz CT molecular complexity index is 350. The minimum atomic E-state index is -0.312. The maximum Gasteiger partial charge on any atom is 0.271 e. The summed E-state index contributed by atoms with van der Waals surface area (Å²) in [5, 5.41) is 3.16. The van der Waals surface area contributed by atoms with Gasteiger partial charge in [0.05, 0.1) is 6.33 Å². The summed E-state index contributed by atoms with van der Waals surface area (Å²) in [6.07, 6.45) is 2.42. The van der Waals surface area contributed by atoms with Crippen LogP contribution in [0, 0.1) is 5.92 Å². The molecule has 0 saturated carbocycles. The molecule has 1 unspecified atom stereocenters. The van der Waals surface area contributed by atoms with E-state index in [1.54, 1.807) is 0 Å². The van der Waals surface area contributed by atoms with Gasteiger partial charge in [-0.2, -0.15) is 0 Å². The Morgan fingerprint density at radius 3 is 3.07 bits per heavy atom. The zero-order valence-electron chi connectivity index (χ0n) is 8.30. The fraction of sp³-hybridized carbons (Fsp3) is 0.556. The van der Waals surface area contributed by atoms with Crippen LogP contribution in [0.4, 0.5) is 5.82 Å². The van der Waals surface area contributed by atoms with E-state index in [0.29, 0.717) is 11.7 Å². The number of nitrogens with zero attached hydrogens (tertiary/aromatic N) is 1. The summed E-state index contributed by atoms with van der Waals surface area (Å²) in [4.78, 5) is 17.4. The Hall–Kier alpha value is -1.03. The lowest BCUT2D eigenvalue weighted by Crippen LogP contribution is -2.15. The molecule has 0 bridgehead atoms. The van der Waals surface area contributed by atoms with Crippen LogP contribution in [0.1, 0.15) is 20.3 Å². The van der Waals surface area contributed by atoms with Gasteiger partial charge in [0.25, 0.3) is 5.56 Å². The van der Waals surface area contributed by atoms with Gasteiger partial charge in [-0.3, -0.25) is 4.79 Å². The summed E-state index contributed by atoms with van der Waals surface area (Å²) in [6, 6.07) is 0. The van der Waals surface area contributed by atoms with Crippen molar-refractivity contribution in [1.29, 1.82) is 0 Å². The first-order chi connectivity index (χ1) is 6.65. The van der Waals surface area contributed by atoms with Crippen LogP contribution in [0.2, 0.25) is 5.02 Å². The molecule has 1 atom stereocenters. The van der Waals surface area contributed by atoms with Crippen molar-refractivity contribution in [2.24, 2.45) is 5.92 Å². The maximum atomic E-state index is 11.1. The van der Waals surface area contributed by atoms with Gasteiger partial charge in [0, 0.05) is 6.54 Å². The summed E-state index contributed by atoms with van der Waals surface area (Å²) in [6.45, 7) is 5.00. The first-order valence-electron chi connectivity index (χ1n) is 4.62. The minimum Gasteiger partial charge on any atom is -0.368 e. The van der Waals surface area contributed by atoms with Crippen molar-refractivity contribution in [2.75, 3.05) is 11.9 Å². The third-order valence-corrected chi connectivity index (χ3v) is 2.46. The topological polar surface area (TPSA) is 57.8 Å². The molecule has 0 aliphatic rings. The highest BCUT2D eigenvalue weighted by Gasteiger charge is 2.06. The van der Waals surface area contributed by atoms with Gasteiger partial charge in [-0.1, -0.05) is 31.9 Å². The number of hydrogen-bond acceptors (Lipinski definition) is 3. The number of halogens is 1. The molecule has 0 amide bonds. The van der Waals surface area contributed by atoms with Crippen LogP contribution in [0.25, 0.3) is 0 Å². The van der Waals surface area contributed by atoms with E-state index < -0.39 is 0 Å². The van der Waals surface area contributed by atoms with Crippen molar-refractivity contribution in [3.8, 4) is 0 Å². The number of rotatable bonds is 4. The largest absolute Gasteiger partial charge is 0.368 e. The summed E-state index contributed by atoms with van der Waals surface area (Å²) in [5.74, 6) is 0.989. The third-order valence-electron chi connectivity index (χ3n) is 2.11.